The first kappa shape index (κ1) is 15.2. The summed E-state index contributed by atoms with van der Waals surface area (Å²) in [7, 11) is 0. The van der Waals surface area contributed by atoms with Gasteiger partial charge in [-0.3, -0.25) is 0 Å². The summed E-state index contributed by atoms with van der Waals surface area (Å²) in [5, 5.41) is 9.85. The minimum Gasteiger partial charge on any atom is -0.393 e. The molecule has 0 aromatic heterocycles. The highest BCUT2D eigenvalue weighted by atomic mass is 16.3. The summed E-state index contributed by atoms with van der Waals surface area (Å²) >= 11 is 0. The van der Waals surface area contributed by atoms with E-state index in [0.29, 0.717) is 5.92 Å². The second kappa shape index (κ2) is 6.38. The summed E-state index contributed by atoms with van der Waals surface area (Å²) in [5.41, 5.74) is 2.94. The molecular formula is C17H28O. The molecule has 0 amide bonds. The van der Waals surface area contributed by atoms with E-state index in [2.05, 4.69) is 52.0 Å². The Balaban J connectivity index is 2.93. The summed E-state index contributed by atoms with van der Waals surface area (Å²) in [5.74, 6) is 0.474. The normalized spacial score (nSPS) is 15.4. The zero-order valence-electron chi connectivity index (χ0n) is 12.5. The maximum absolute atomic E-state index is 9.85. The average Bonchev–Trinajstić information content (AvgIpc) is 2.34. The Kier molecular flexibility index (Phi) is 5.40. The number of hydrogen-bond acceptors (Lipinski definition) is 1. The Labute approximate surface area is 112 Å². The number of aliphatic hydroxyl groups is 1. The smallest absolute Gasteiger partial charge is 0.0543 e. The van der Waals surface area contributed by atoms with E-state index in [1.165, 1.54) is 11.1 Å². The van der Waals surface area contributed by atoms with Crippen LogP contribution in [0.5, 0.6) is 0 Å². The number of aliphatic hydroxyl groups excluding tert-OH is 1. The van der Waals surface area contributed by atoms with Crippen LogP contribution in [-0.4, -0.2) is 11.2 Å². The first-order valence-electron chi connectivity index (χ1n) is 7.17. The van der Waals surface area contributed by atoms with Gasteiger partial charge >= 0.3 is 0 Å². The molecule has 1 aromatic rings. The standard InChI is InChI=1S/C17H28O/c1-6-13(12-16(18)7-2)14-9-8-10-15(11-14)17(3,4)5/h8-11,13,16,18H,6-7,12H2,1-5H3. The Bertz CT molecular complexity index is 362. The van der Waals surface area contributed by atoms with Gasteiger partial charge in [0.25, 0.3) is 0 Å². The van der Waals surface area contributed by atoms with Crippen LogP contribution in [-0.2, 0) is 5.41 Å². The van der Waals surface area contributed by atoms with Crippen molar-refractivity contribution in [3.05, 3.63) is 35.4 Å². The van der Waals surface area contributed by atoms with E-state index >= 15 is 0 Å². The van der Waals surface area contributed by atoms with Crippen molar-refractivity contribution >= 4 is 0 Å². The molecule has 0 saturated carbocycles. The fraction of sp³-hybridized carbons (Fsp3) is 0.647. The summed E-state index contributed by atoms with van der Waals surface area (Å²) in [6, 6.07) is 8.87. The topological polar surface area (TPSA) is 20.2 Å². The molecule has 2 unspecified atom stereocenters. The van der Waals surface area contributed by atoms with Crippen LogP contribution in [0.15, 0.2) is 24.3 Å². The van der Waals surface area contributed by atoms with Gasteiger partial charge in [0.05, 0.1) is 6.10 Å². The molecule has 1 heteroatoms. The molecule has 1 aromatic carbocycles. The van der Waals surface area contributed by atoms with Crippen molar-refractivity contribution in [2.45, 2.75) is 71.3 Å². The van der Waals surface area contributed by atoms with Crippen LogP contribution in [0.2, 0.25) is 0 Å². The Morgan fingerprint density at radius 1 is 1.11 bits per heavy atom. The fourth-order valence-corrected chi connectivity index (χ4v) is 2.29. The van der Waals surface area contributed by atoms with Crippen LogP contribution < -0.4 is 0 Å². The van der Waals surface area contributed by atoms with Crippen molar-refractivity contribution < 1.29 is 5.11 Å². The third-order valence-corrected chi connectivity index (χ3v) is 3.74. The molecule has 0 spiro atoms. The molecule has 102 valence electrons. The van der Waals surface area contributed by atoms with E-state index < -0.39 is 0 Å². The van der Waals surface area contributed by atoms with Gasteiger partial charge in [0, 0.05) is 0 Å². The van der Waals surface area contributed by atoms with E-state index in [0.717, 1.165) is 19.3 Å². The Morgan fingerprint density at radius 3 is 2.28 bits per heavy atom. The zero-order valence-corrected chi connectivity index (χ0v) is 12.5. The second-order valence-corrected chi connectivity index (χ2v) is 6.28. The van der Waals surface area contributed by atoms with E-state index in [1.54, 1.807) is 0 Å². The molecule has 0 bridgehead atoms. The van der Waals surface area contributed by atoms with Crippen molar-refractivity contribution in [3.63, 3.8) is 0 Å². The quantitative estimate of drug-likeness (QED) is 0.805. The largest absolute Gasteiger partial charge is 0.393 e. The summed E-state index contributed by atoms with van der Waals surface area (Å²) in [4.78, 5) is 0. The summed E-state index contributed by atoms with van der Waals surface area (Å²) in [6.07, 6.45) is 2.63. The lowest BCUT2D eigenvalue weighted by Gasteiger charge is -2.23. The number of rotatable bonds is 5. The van der Waals surface area contributed by atoms with Gasteiger partial charge in [0.1, 0.15) is 0 Å². The second-order valence-electron chi connectivity index (χ2n) is 6.28. The average molecular weight is 248 g/mol. The van der Waals surface area contributed by atoms with Crippen LogP contribution >= 0.6 is 0 Å². The lowest BCUT2D eigenvalue weighted by atomic mass is 9.83. The SMILES string of the molecule is CCC(O)CC(CC)c1cccc(C(C)(C)C)c1. The molecule has 1 rings (SSSR count). The van der Waals surface area contributed by atoms with Gasteiger partial charge < -0.3 is 5.11 Å². The highest BCUT2D eigenvalue weighted by Crippen LogP contribution is 2.30. The summed E-state index contributed by atoms with van der Waals surface area (Å²) < 4.78 is 0. The van der Waals surface area contributed by atoms with Crippen molar-refractivity contribution in [2.24, 2.45) is 0 Å². The van der Waals surface area contributed by atoms with E-state index in [-0.39, 0.29) is 11.5 Å². The van der Waals surface area contributed by atoms with Gasteiger partial charge in [-0.2, -0.15) is 0 Å². The van der Waals surface area contributed by atoms with E-state index in [1.807, 2.05) is 6.92 Å². The van der Waals surface area contributed by atoms with Crippen LogP contribution in [0.1, 0.15) is 70.9 Å². The molecule has 0 heterocycles. The molecule has 1 nitrogen and oxygen atoms in total. The minimum atomic E-state index is -0.173. The fourth-order valence-electron chi connectivity index (χ4n) is 2.29. The highest BCUT2D eigenvalue weighted by Gasteiger charge is 2.18. The molecule has 0 aliphatic carbocycles. The molecule has 0 aliphatic rings. The maximum Gasteiger partial charge on any atom is 0.0543 e. The molecule has 2 atom stereocenters. The van der Waals surface area contributed by atoms with Crippen molar-refractivity contribution in [1.82, 2.24) is 0 Å². The van der Waals surface area contributed by atoms with Gasteiger partial charge in [-0.05, 0) is 41.7 Å². The van der Waals surface area contributed by atoms with Crippen LogP contribution in [0.3, 0.4) is 0 Å². The number of hydrogen-bond donors (Lipinski definition) is 1. The molecule has 1 N–H and O–H groups in total. The predicted octanol–water partition coefficient (Wildman–Crippen LogP) is 4.64. The minimum absolute atomic E-state index is 0.173. The van der Waals surface area contributed by atoms with E-state index in [9.17, 15) is 5.11 Å². The lowest BCUT2D eigenvalue weighted by Crippen LogP contribution is -2.14. The highest BCUT2D eigenvalue weighted by molar-refractivity contribution is 5.30. The molecule has 18 heavy (non-hydrogen) atoms. The predicted molar refractivity (Wildman–Crippen MR) is 79.1 cm³/mol. The first-order chi connectivity index (χ1) is 8.38. The molecule has 0 aliphatic heterocycles. The van der Waals surface area contributed by atoms with E-state index in [4.69, 9.17) is 0 Å². The van der Waals surface area contributed by atoms with Gasteiger partial charge in [-0.15, -0.1) is 0 Å². The third kappa shape index (κ3) is 4.13. The van der Waals surface area contributed by atoms with Crippen LogP contribution in [0.25, 0.3) is 0 Å². The molecular weight excluding hydrogens is 220 g/mol. The maximum atomic E-state index is 9.85. The van der Waals surface area contributed by atoms with Gasteiger partial charge in [-0.25, -0.2) is 0 Å². The summed E-state index contributed by atoms with van der Waals surface area (Å²) in [6.45, 7) is 11.0. The zero-order chi connectivity index (χ0) is 13.8. The molecule has 0 fully saturated rings. The molecule has 0 radical (unpaired) electrons. The van der Waals surface area contributed by atoms with Gasteiger partial charge in [0.15, 0.2) is 0 Å². The first-order valence-corrected chi connectivity index (χ1v) is 7.17. The Morgan fingerprint density at radius 2 is 1.78 bits per heavy atom. The van der Waals surface area contributed by atoms with Crippen LogP contribution in [0.4, 0.5) is 0 Å². The Hall–Kier alpha value is -0.820. The monoisotopic (exact) mass is 248 g/mol. The lowest BCUT2D eigenvalue weighted by molar-refractivity contribution is 0.150. The van der Waals surface area contributed by atoms with Gasteiger partial charge in [-0.1, -0.05) is 58.9 Å². The third-order valence-electron chi connectivity index (χ3n) is 3.74. The number of benzene rings is 1. The molecule has 0 saturated heterocycles. The van der Waals surface area contributed by atoms with Crippen molar-refractivity contribution in [3.8, 4) is 0 Å². The van der Waals surface area contributed by atoms with Crippen molar-refractivity contribution in [1.29, 1.82) is 0 Å². The van der Waals surface area contributed by atoms with Crippen LogP contribution in [0, 0.1) is 0 Å². The van der Waals surface area contributed by atoms with Gasteiger partial charge in [0.2, 0.25) is 0 Å². The van der Waals surface area contributed by atoms with Crippen molar-refractivity contribution in [2.75, 3.05) is 0 Å².